The number of nitrogens with zero attached hydrogens (tertiary/aromatic N) is 1. The van der Waals surface area contributed by atoms with Gasteiger partial charge in [0.15, 0.2) is 0 Å². The number of nitrogens with two attached hydrogens (primary N) is 1. The van der Waals surface area contributed by atoms with E-state index in [-0.39, 0.29) is 11.9 Å². The zero-order valence-electron chi connectivity index (χ0n) is 12.2. The Hall–Kier alpha value is -1.79. The zero-order chi connectivity index (χ0) is 15.2. The highest BCUT2D eigenvalue weighted by Crippen LogP contribution is 2.20. The first-order valence-corrected chi connectivity index (χ1v) is 8.21. The zero-order valence-corrected chi connectivity index (χ0v) is 13.0. The van der Waals surface area contributed by atoms with Gasteiger partial charge >= 0.3 is 0 Å². The summed E-state index contributed by atoms with van der Waals surface area (Å²) in [6.45, 7) is 2.01. The Morgan fingerprint density at radius 1 is 1.43 bits per heavy atom. The van der Waals surface area contributed by atoms with Crippen molar-refractivity contribution in [2.75, 3.05) is 17.4 Å². The van der Waals surface area contributed by atoms with Crippen LogP contribution in [0.4, 0.5) is 5.82 Å². The number of rotatable bonds is 6. The molecular formula is C15H20N4OS. The number of fused-ring (bicyclic) bond motifs is 1. The van der Waals surface area contributed by atoms with E-state index in [1.165, 1.54) is 0 Å². The lowest BCUT2D eigenvalue weighted by atomic mass is 10.1. The SMILES string of the molecule is CSCCC(C)NC(=O)c1cc(NN)nc2ccccc12. The number of nitrogens with one attached hydrogen (secondary N) is 2. The molecule has 0 aliphatic rings. The molecule has 5 nitrogen and oxygen atoms in total. The Morgan fingerprint density at radius 2 is 2.19 bits per heavy atom. The summed E-state index contributed by atoms with van der Waals surface area (Å²) in [6, 6.07) is 9.35. The molecule has 1 heterocycles. The number of anilines is 1. The van der Waals surface area contributed by atoms with E-state index in [0.29, 0.717) is 11.4 Å². The summed E-state index contributed by atoms with van der Waals surface area (Å²) in [7, 11) is 0. The topological polar surface area (TPSA) is 80.0 Å². The van der Waals surface area contributed by atoms with E-state index in [2.05, 4.69) is 22.0 Å². The molecule has 4 N–H and O–H groups in total. The van der Waals surface area contributed by atoms with E-state index < -0.39 is 0 Å². The number of carbonyl (C=O) groups is 1. The maximum atomic E-state index is 12.5. The fraction of sp³-hybridized carbons (Fsp3) is 0.333. The summed E-state index contributed by atoms with van der Waals surface area (Å²) < 4.78 is 0. The predicted octanol–water partition coefficient (Wildman–Crippen LogP) is 2.39. The first-order chi connectivity index (χ1) is 10.2. The van der Waals surface area contributed by atoms with Gasteiger partial charge in [0.05, 0.1) is 11.1 Å². The molecule has 1 amide bonds. The van der Waals surface area contributed by atoms with Gasteiger partial charge in [-0.25, -0.2) is 10.8 Å². The summed E-state index contributed by atoms with van der Waals surface area (Å²) in [5.41, 5.74) is 3.84. The molecule has 21 heavy (non-hydrogen) atoms. The van der Waals surface area contributed by atoms with E-state index >= 15 is 0 Å². The number of hydrazine groups is 1. The molecule has 1 unspecified atom stereocenters. The molecule has 0 saturated carbocycles. The number of thioether (sulfide) groups is 1. The fourth-order valence-corrected chi connectivity index (χ4v) is 2.69. The van der Waals surface area contributed by atoms with Gasteiger partial charge in [-0.05, 0) is 37.5 Å². The predicted molar refractivity (Wildman–Crippen MR) is 89.5 cm³/mol. The molecule has 0 saturated heterocycles. The molecule has 2 aromatic rings. The molecule has 0 aliphatic carbocycles. The van der Waals surface area contributed by atoms with Gasteiger partial charge in [0.2, 0.25) is 0 Å². The van der Waals surface area contributed by atoms with Crippen molar-refractivity contribution in [3.8, 4) is 0 Å². The Labute approximate surface area is 128 Å². The van der Waals surface area contributed by atoms with Gasteiger partial charge in [-0.15, -0.1) is 0 Å². The van der Waals surface area contributed by atoms with Crippen LogP contribution < -0.4 is 16.6 Å². The number of para-hydroxylation sites is 1. The quantitative estimate of drug-likeness (QED) is 0.564. The standard InChI is InChI=1S/C15H20N4OS/c1-10(7-8-21-2)17-15(20)12-9-14(19-16)18-13-6-4-3-5-11(12)13/h3-6,9-10H,7-8,16H2,1-2H3,(H,17,20)(H,18,19). The van der Waals surface area contributed by atoms with Crippen LogP contribution in [-0.2, 0) is 0 Å². The largest absolute Gasteiger partial charge is 0.350 e. The van der Waals surface area contributed by atoms with Crippen molar-refractivity contribution in [1.29, 1.82) is 0 Å². The second kappa shape index (κ2) is 7.28. The molecule has 0 fully saturated rings. The van der Waals surface area contributed by atoms with Gasteiger partial charge in [0.1, 0.15) is 5.82 Å². The third-order valence-corrected chi connectivity index (χ3v) is 3.89. The monoisotopic (exact) mass is 304 g/mol. The number of carbonyl (C=O) groups excluding carboxylic acids is 1. The van der Waals surface area contributed by atoms with Crippen molar-refractivity contribution in [2.24, 2.45) is 5.84 Å². The van der Waals surface area contributed by atoms with E-state index in [4.69, 9.17) is 5.84 Å². The number of nitrogen functional groups attached to an aromatic ring is 1. The Bertz CT molecular complexity index is 632. The number of hydrogen-bond acceptors (Lipinski definition) is 5. The Balaban J connectivity index is 2.29. The first-order valence-electron chi connectivity index (χ1n) is 6.82. The van der Waals surface area contributed by atoms with Crippen molar-refractivity contribution in [3.63, 3.8) is 0 Å². The summed E-state index contributed by atoms with van der Waals surface area (Å²) in [5.74, 6) is 6.84. The van der Waals surface area contributed by atoms with Gasteiger partial charge in [-0.1, -0.05) is 18.2 Å². The minimum Gasteiger partial charge on any atom is -0.350 e. The van der Waals surface area contributed by atoms with E-state index in [1.807, 2.05) is 31.2 Å². The molecule has 0 radical (unpaired) electrons. The summed E-state index contributed by atoms with van der Waals surface area (Å²) in [5, 5.41) is 3.85. The molecule has 0 spiro atoms. The van der Waals surface area contributed by atoms with Crippen molar-refractivity contribution in [2.45, 2.75) is 19.4 Å². The van der Waals surface area contributed by atoms with Crippen LogP contribution in [0.2, 0.25) is 0 Å². The highest BCUT2D eigenvalue weighted by atomic mass is 32.2. The Kier molecular flexibility index (Phi) is 5.41. The maximum absolute atomic E-state index is 12.5. The van der Waals surface area contributed by atoms with Crippen LogP contribution >= 0.6 is 11.8 Å². The molecule has 0 bridgehead atoms. The number of aromatic nitrogens is 1. The maximum Gasteiger partial charge on any atom is 0.252 e. The number of amides is 1. The second-order valence-electron chi connectivity index (χ2n) is 4.87. The minimum atomic E-state index is -0.0984. The average Bonchev–Trinajstić information content (AvgIpc) is 2.51. The van der Waals surface area contributed by atoms with Crippen molar-refractivity contribution in [1.82, 2.24) is 10.3 Å². The Morgan fingerprint density at radius 3 is 2.90 bits per heavy atom. The third kappa shape index (κ3) is 3.86. The van der Waals surface area contributed by atoms with Crippen LogP contribution in [0.5, 0.6) is 0 Å². The molecule has 112 valence electrons. The molecule has 2 rings (SSSR count). The number of benzene rings is 1. The minimum absolute atomic E-state index is 0.0984. The smallest absolute Gasteiger partial charge is 0.252 e. The molecule has 1 aromatic carbocycles. The van der Waals surface area contributed by atoms with E-state index in [1.54, 1.807) is 17.8 Å². The fourth-order valence-electron chi connectivity index (χ4n) is 2.11. The van der Waals surface area contributed by atoms with Crippen LogP contribution in [0.1, 0.15) is 23.7 Å². The molecule has 6 heteroatoms. The third-order valence-electron chi connectivity index (χ3n) is 3.24. The van der Waals surface area contributed by atoms with Gasteiger partial charge in [0, 0.05) is 11.4 Å². The molecule has 1 atom stereocenters. The molecular weight excluding hydrogens is 284 g/mol. The number of pyridine rings is 1. The van der Waals surface area contributed by atoms with Gasteiger partial charge in [-0.2, -0.15) is 11.8 Å². The lowest BCUT2D eigenvalue weighted by Gasteiger charge is -2.15. The van der Waals surface area contributed by atoms with E-state index in [9.17, 15) is 4.79 Å². The van der Waals surface area contributed by atoms with Crippen LogP contribution in [-0.4, -0.2) is 28.9 Å². The van der Waals surface area contributed by atoms with Crippen LogP contribution in [0.25, 0.3) is 10.9 Å². The average molecular weight is 304 g/mol. The van der Waals surface area contributed by atoms with Gasteiger partial charge < -0.3 is 10.7 Å². The molecule has 1 aromatic heterocycles. The van der Waals surface area contributed by atoms with Crippen molar-refractivity contribution < 1.29 is 4.79 Å². The van der Waals surface area contributed by atoms with Crippen LogP contribution in [0, 0.1) is 0 Å². The van der Waals surface area contributed by atoms with Crippen molar-refractivity contribution in [3.05, 3.63) is 35.9 Å². The van der Waals surface area contributed by atoms with Crippen molar-refractivity contribution >= 4 is 34.4 Å². The molecule has 0 aliphatic heterocycles. The van der Waals surface area contributed by atoms with Crippen LogP contribution in [0.15, 0.2) is 30.3 Å². The lowest BCUT2D eigenvalue weighted by Crippen LogP contribution is -2.33. The normalized spacial score (nSPS) is 12.1. The van der Waals surface area contributed by atoms with Gasteiger partial charge in [-0.3, -0.25) is 4.79 Å². The first kappa shape index (κ1) is 15.6. The highest BCUT2D eigenvalue weighted by Gasteiger charge is 2.14. The second-order valence-corrected chi connectivity index (χ2v) is 5.86. The summed E-state index contributed by atoms with van der Waals surface area (Å²) in [4.78, 5) is 16.8. The summed E-state index contributed by atoms with van der Waals surface area (Å²) in [6.07, 6.45) is 3.00. The van der Waals surface area contributed by atoms with Crippen LogP contribution in [0.3, 0.4) is 0 Å². The van der Waals surface area contributed by atoms with E-state index in [0.717, 1.165) is 23.1 Å². The number of hydrogen-bond donors (Lipinski definition) is 3. The lowest BCUT2D eigenvalue weighted by molar-refractivity contribution is 0.0941. The highest BCUT2D eigenvalue weighted by molar-refractivity contribution is 7.98. The summed E-state index contributed by atoms with van der Waals surface area (Å²) >= 11 is 1.77. The van der Waals surface area contributed by atoms with Gasteiger partial charge in [0.25, 0.3) is 5.91 Å².